The molecule has 1 aliphatic heterocycles. The van der Waals surface area contributed by atoms with E-state index < -0.39 is 23.8 Å². The summed E-state index contributed by atoms with van der Waals surface area (Å²) in [6.07, 6.45) is -0.560. The quantitative estimate of drug-likeness (QED) is 0.769. The Labute approximate surface area is 129 Å². The van der Waals surface area contributed by atoms with Gasteiger partial charge in [-0.2, -0.15) is 0 Å². The molecule has 0 radical (unpaired) electrons. The van der Waals surface area contributed by atoms with Gasteiger partial charge in [0.1, 0.15) is 6.04 Å². The molecule has 0 spiro atoms. The number of halogens is 1. The van der Waals surface area contributed by atoms with E-state index in [1.54, 1.807) is 18.2 Å². The van der Waals surface area contributed by atoms with Crippen molar-refractivity contribution >= 4 is 29.3 Å². The number of hydrogen-bond donors (Lipinski definition) is 0. The standard InChI is InChI=1S/C13H10ClN3O5/c14-9-3-1-2-7-8(9)6-17(13(7)20)10(12(19)16-22)4-5-11(18)15-21/h1-3,10H,4-6H2. The summed E-state index contributed by atoms with van der Waals surface area (Å²) in [5.41, 5.74) is 0.869. The third-order valence-corrected chi connectivity index (χ3v) is 3.78. The van der Waals surface area contributed by atoms with Gasteiger partial charge in [-0.3, -0.25) is 14.4 Å². The van der Waals surface area contributed by atoms with Crippen molar-refractivity contribution in [2.75, 3.05) is 0 Å². The average Bonchev–Trinajstić information content (AvgIpc) is 2.86. The number of nitrogens with zero attached hydrogens (tertiary/aromatic N) is 3. The maximum absolute atomic E-state index is 12.3. The van der Waals surface area contributed by atoms with Crippen molar-refractivity contribution < 1.29 is 14.4 Å². The lowest BCUT2D eigenvalue weighted by Gasteiger charge is -2.23. The first kappa shape index (κ1) is 15.9. The second-order valence-electron chi connectivity index (χ2n) is 4.67. The zero-order valence-electron chi connectivity index (χ0n) is 11.2. The Morgan fingerprint density at radius 2 is 2.00 bits per heavy atom. The van der Waals surface area contributed by atoms with Crippen LogP contribution in [0.15, 0.2) is 28.6 Å². The molecule has 0 saturated heterocycles. The van der Waals surface area contributed by atoms with Crippen LogP contribution in [0.5, 0.6) is 0 Å². The molecule has 0 fully saturated rings. The molecule has 8 nitrogen and oxygen atoms in total. The van der Waals surface area contributed by atoms with Crippen molar-refractivity contribution in [2.24, 2.45) is 10.4 Å². The van der Waals surface area contributed by atoms with Gasteiger partial charge in [0, 0.05) is 39.5 Å². The highest BCUT2D eigenvalue weighted by atomic mass is 35.5. The summed E-state index contributed by atoms with van der Waals surface area (Å²) in [6, 6.07) is 3.53. The van der Waals surface area contributed by atoms with E-state index in [9.17, 15) is 24.2 Å². The Bertz CT molecular complexity index is 676. The minimum absolute atomic E-state index is 0.0302. The monoisotopic (exact) mass is 323 g/mol. The predicted octanol–water partition coefficient (Wildman–Crippen LogP) is 2.03. The summed E-state index contributed by atoms with van der Waals surface area (Å²) >= 11 is 6.01. The Kier molecular flexibility index (Phi) is 4.71. The molecule has 1 unspecified atom stereocenters. The molecule has 22 heavy (non-hydrogen) atoms. The summed E-state index contributed by atoms with van der Waals surface area (Å²) < 4.78 is 0. The van der Waals surface area contributed by atoms with Crippen molar-refractivity contribution in [2.45, 2.75) is 25.4 Å². The fourth-order valence-corrected chi connectivity index (χ4v) is 2.58. The molecule has 0 aromatic heterocycles. The van der Waals surface area contributed by atoms with Crippen LogP contribution in [0.2, 0.25) is 5.02 Å². The average molecular weight is 324 g/mol. The van der Waals surface area contributed by atoms with E-state index in [-0.39, 0.29) is 19.4 Å². The number of carbonyl (C=O) groups is 3. The Hall–Kier alpha value is -2.48. The van der Waals surface area contributed by atoms with Gasteiger partial charge in [-0.1, -0.05) is 17.7 Å². The molecule has 1 aromatic rings. The van der Waals surface area contributed by atoms with E-state index in [1.807, 2.05) is 0 Å². The van der Waals surface area contributed by atoms with Crippen LogP contribution in [0, 0.1) is 9.81 Å². The molecular weight excluding hydrogens is 314 g/mol. The van der Waals surface area contributed by atoms with Crippen molar-refractivity contribution in [3.63, 3.8) is 0 Å². The number of nitroso groups, excluding NO2 is 2. The molecule has 1 aromatic carbocycles. The van der Waals surface area contributed by atoms with Crippen LogP contribution in [-0.4, -0.2) is 28.7 Å². The molecule has 0 saturated carbocycles. The largest absolute Gasteiger partial charge is 0.322 e. The maximum atomic E-state index is 12.3. The number of benzene rings is 1. The molecule has 0 N–H and O–H groups in total. The molecule has 0 aliphatic carbocycles. The first-order valence-corrected chi connectivity index (χ1v) is 6.69. The third-order valence-electron chi connectivity index (χ3n) is 3.42. The number of amides is 3. The molecule has 9 heteroatoms. The van der Waals surface area contributed by atoms with Gasteiger partial charge >= 0.3 is 5.91 Å². The SMILES string of the molecule is O=NC(=O)CCC(C(=O)N=O)N1Cc2c(Cl)cccc2C1=O. The number of hydrogen-bond acceptors (Lipinski definition) is 5. The number of fused-ring (bicyclic) bond motifs is 1. The van der Waals surface area contributed by atoms with E-state index in [0.29, 0.717) is 16.1 Å². The first-order chi connectivity index (χ1) is 10.5. The minimum Gasteiger partial charge on any atom is -0.322 e. The molecular formula is C13H10ClN3O5. The smallest absolute Gasteiger partial charge is 0.308 e. The van der Waals surface area contributed by atoms with E-state index in [4.69, 9.17) is 11.6 Å². The molecule has 3 amide bonds. The summed E-state index contributed by atoms with van der Waals surface area (Å²) in [5.74, 6) is -2.53. The van der Waals surface area contributed by atoms with E-state index in [1.165, 1.54) is 0 Å². The van der Waals surface area contributed by atoms with E-state index in [0.717, 1.165) is 4.90 Å². The van der Waals surface area contributed by atoms with E-state index in [2.05, 4.69) is 10.4 Å². The third kappa shape index (κ3) is 2.91. The van der Waals surface area contributed by atoms with Gasteiger partial charge in [0.15, 0.2) is 0 Å². The second-order valence-corrected chi connectivity index (χ2v) is 5.08. The predicted molar refractivity (Wildman–Crippen MR) is 76.0 cm³/mol. The molecule has 0 bridgehead atoms. The van der Waals surface area contributed by atoms with Crippen LogP contribution in [0.25, 0.3) is 0 Å². The second kappa shape index (κ2) is 6.52. The van der Waals surface area contributed by atoms with Gasteiger partial charge in [-0.15, -0.1) is 9.81 Å². The Morgan fingerprint density at radius 1 is 1.27 bits per heavy atom. The van der Waals surface area contributed by atoms with Crippen LogP contribution < -0.4 is 0 Å². The Balaban J connectivity index is 2.26. The van der Waals surface area contributed by atoms with Crippen molar-refractivity contribution in [3.05, 3.63) is 44.2 Å². The fraction of sp³-hybridized carbons (Fsp3) is 0.308. The van der Waals surface area contributed by atoms with Gasteiger partial charge in [0.05, 0.1) is 0 Å². The number of carbonyl (C=O) groups excluding carboxylic acids is 3. The van der Waals surface area contributed by atoms with Crippen molar-refractivity contribution in [1.82, 2.24) is 4.90 Å². The van der Waals surface area contributed by atoms with Gasteiger partial charge in [-0.05, 0) is 18.6 Å². The van der Waals surface area contributed by atoms with Crippen molar-refractivity contribution in [1.29, 1.82) is 0 Å². The molecule has 114 valence electrons. The highest BCUT2D eigenvalue weighted by Crippen LogP contribution is 2.31. The molecule has 2 rings (SSSR count). The molecule has 1 atom stereocenters. The van der Waals surface area contributed by atoms with Gasteiger partial charge < -0.3 is 4.90 Å². The van der Waals surface area contributed by atoms with Gasteiger partial charge in [-0.25, -0.2) is 0 Å². The maximum Gasteiger partial charge on any atom is 0.308 e. The lowest BCUT2D eigenvalue weighted by Crippen LogP contribution is -2.41. The zero-order valence-corrected chi connectivity index (χ0v) is 11.9. The van der Waals surface area contributed by atoms with E-state index >= 15 is 0 Å². The minimum atomic E-state index is -1.22. The summed E-state index contributed by atoms with van der Waals surface area (Å²) in [6.45, 7) is 0.0302. The molecule has 1 aliphatic rings. The van der Waals surface area contributed by atoms with Gasteiger partial charge in [0.25, 0.3) is 11.8 Å². The number of rotatable bonds is 5. The van der Waals surface area contributed by atoms with Crippen molar-refractivity contribution in [3.8, 4) is 0 Å². The summed E-state index contributed by atoms with van der Waals surface area (Å²) in [5, 5.41) is 4.90. The summed E-state index contributed by atoms with van der Waals surface area (Å²) in [4.78, 5) is 56.7. The topological polar surface area (TPSA) is 113 Å². The summed E-state index contributed by atoms with van der Waals surface area (Å²) in [7, 11) is 0. The fourth-order valence-electron chi connectivity index (χ4n) is 2.35. The normalized spacial score (nSPS) is 14.4. The Morgan fingerprint density at radius 3 is 2.59 bits per heavy atom. The van der Waals surface area contributed by atoms with Crippen LogP contribution in [-0.2, 0) is 16.1 Å². The highest BCUT2D eigenvalue weighted by Gasteiger charge is 2.37. The highest BCUT2D eigenvalue weighted by molar-refractivity contribution is 6.32. The van der Waals surface area contributed by atoms with Crippen LogP contribution >= 0.6 is 11.6 Å². The van der Waals surface area contributed by atoms with Crippen LogP contribution in [0.1, 0.15) is 28.8 Å². The van der Waals surface area contributed by atoms with Crippen LogP contribution in [0.4, 0.5) is 0 Å². The van der Waals surface area contributed by atoms with Gasteiger partial charge in [0.2, 0.25) is 0 Å². The lowest BCUT2D eigenvalue weighted by molar-refractivity contribution is -0.123. The lowest BCUT2D eigenvalue weighted by atomic mass is 10.1. The first-order valence-electron chi connectivity index (χ1n) is 6.31. The zero-order chi connectivity index (χ0) is 16.3. The molecule has 1 heterocycles. The van der Waals surface area contributed by atoms with Crippen LogP contribution in [0.3, 0.4) is 0 Å².